The zero-order valence-electron chi connectivity index (χ0n) is 15.7. The molecule has 1 N–H and O–H groups in total. The Morgan fingerprint density at radius 3 is 2.33 bits per heavy atom. The number of piperidine rings is 1. The molecule has 1 amide bonds. The summed E-state index contributed by atoms with van der Waals surface area (Å²) in [5.41, 5.74) is 1.19. The van der Waals surface area contributed by atoms with Crippen LogP contribution in [0.1, 0.15) is 52.1 Å². The molecule has 4 atom stereocenters. The maximum Gasteiger partial charge on any atom is 0.239 e. The Hall–Kier alpha value is -1.55. The predicted octanol–water partition coefficient (Wildman–Crippen LogP) is 3.63. The number of rotatable bonds is 6. The second kappa shape index (κ2) is 8.52. The molecule has 0 aromatic heterocycles. The normalized spacial score (nSPS) is 23.6. The van der Waals surface area contributed by atoms with Gasteiger partial charge in [-0.15, -0.1) is 0 Å². The molecule has 1 aliphatic rings. The number of ether oxygens (including phenoxy) is 1. The van der Waals surface area contributed by atoms with Gasteiger partial charge in [0.25, 0.3) is 0 Å². The molecule has 4 heteroatoms. The SMILES string of the molecule is CCC(NC(C)C(=O)N1CC(C)CC(C)C1)c1ccc(OC)cc1. The maximum absolute atomic E-state index is 12.8. The van der Waals surface area contributed by atoms with Crippen LogP contribution in [0.5, 0.6) is 5.75 Å². The molecular weight excluding hydrogens is 300 g/mol. The van der Waals surface area contributed by atoms with Gasteiger partial charge in [-0.3, -0.25) is 10.1 Å². The fourth-order valence-corrected chi connectivity index (χ4v) is 3.78. The molecule has 0 bridgehead atoms. The van der Waals surface area contributed by atoms with E-state index in [0.717, 1.165) is 25.3 Å². The smallest absolute Gasteiger partial charge is 0.239 e. The molecule has 0 spiro atoms. The topological polar surface area (TPSA) is 41.6 Å². The van der Waals surface area contributed by atoms with E-state index in [0.29, 0.717) is 11.8 Å². The largest absolute Gasteiger partial charge is 0.497 e. The van der Waals surface area contributed by atoms with Gasteiger partial charge in [0.05, 0.1) is 13.2 Å². The van der Waals surface area contributed by atoms with Gasteiger partial charge < -0.3 is 9.64 Å². The van der Waals surface area contributed by atoms with Gasteiger partial charge >= 0.3 is 0 Å². The van der Waals surface area contributed by atoms with E-state index in [4.69, 9.17) is 4.74 Å². The number of hydrogen-bond acceptors (Lipinski definition) is 3. The lowest BCUT2D eigenvalue weighted by molar-refractivity contribution is -0.136. The molecule has 1 heterocycles. The highest BCUT2D eigenvalue weighted by Gasteiger charge is 2.29. The first kappa shape index (κ1) is 18.8. The van der Waals surface area contributed by atoms with Crippen molar-refractivity contribution in [3.05, 3.63) is 29.8 Å². The van der Waals surface area contributed by atoms with E-state index in [-0.39, 0.29) is 18.0 Å². The van der Waals surface area contributed by atoms with Crippen LogP contribution in [0.15, 0.2) is 24.3 Å². The second-order valence-electron chi connectivity index (χ2n) is 7.31. The first-order valence-corrected chi connectivity index (χ1v) is 9.13. The van der Waals surface area contributed by atoms with Gasteiger partial charge in [0, 0.05) is 19.1 Å². The maximum atomic E-state index is 12.8. The van der Waals surface area contributed by atoms with Crippen molar-refractivity contribution in [2.45, 2.75) is 52.6 Å². The number of nitrogens with zero attached hydrogens (tertiary/aromatic N) is 1. The van der Waals surface area contributed by atoms with Gasteiger partial charge in [-0.1, -0.05) is 32.9 Å². The fraction of sp³-hybridized carbons (Fsp3) is 0.650. The van der Waals surface area contributed by atoms with E-state index in [1.54, 1.807) is 7.11 Å². The number of hydrogen-bond donors (Lipinski definition) is 1. The van der Waals surface area contributed by atoms with Crippen LogP contribution in [0, 0.1) is 11.8 Å². The Labute approximate surface area is 146 Å². The van der Waals surface area contributed by atoms with E-state index in [2.05, 4.69) is 38.2 Å². The number of benzene rings is 1. The number of methoxy groups -OCH3 is 1. The lowest BCUT2D eigenvalue weighted by Crippen LogP contribution is -2.50. The molecule has 2 rings (SSSR count). The Bertz CT molecular complexity index is 519. The monoisotopic (exact) mass is 332 g/mol. The minimum Gasteiger partial charge on any atom is -0.497 e. The highest BCUT2D eigenvalue weighted by atomic mass is 16.5. The van der Waals surface area contributed by atoms with Crippen LogP contribution < -0.4 is 10.1 Å². The zero-order valence-corrected chi connectivity index (χ0v) is 15.7. The highest BCUT2D eigenvalue weighted by molar-refractivity contribution is 5.81. The summed E-state index contributed by atoms with van der Waals surface area (Å²) >= 11 is 0. The van der Waals surface area contributed by atoms with Gasteiger partial charge in [-0.05, 0) is 49.3 Å². The molecule has 1 aromatic carbocycles. The molecule has 4 unspecified atom stereocenters. The molecule has 4 nitrogen and oxygen atoms in total. The van der Waals surface area contributed by atoms with Crippen molar-refractivity contribution in [1.82, 2.24) is 10.2 Å². The first-order valence-electron chi connectivity index (χ1n) is 9.13. The van der Waals surface area contributed by atoms with Gasteiger partial charge in [-0.2, -0.15) is 0 Å². The van der Waals surface area contributed by atoms with E-state index in [1.165, 1.54) is 12.0 Å². The molecule has 1 saturated heterocycles. The Morgan fingerprint density at radius 2 is 1.83 bits per heavy atom. The van der Waals surface area contributed by atoms with Crippen LogP contribution >= 0.6 is 0 Å². The van der Waals surface area contributed by atoms with Crippen LogP contribution in [-0.2, 0) is 4.79 Å². The molecule has 0 aliphatic carbocycles. The number of likely N-dealkylation sites (tertiary alicyclic amines) is 1. The molecule has 1 aromatic rings. The Morgan fingerprint density at radius 1 is 1.25 bits per heavy atom. The van der Waals surface area contributed by atoms with Crippen molar-refractivity contribution >= 4 is 5.91 Å². The fourth-order valence-electron chi connectivity index (χ4n) is 3.78. The molecule has 0 radical (unpaired) electrons. The number of nitrogens with one attached hydrogen (secondary N) is 1. The zero-order chi connectivity index (χ0) is 17.7. The van der Waals surface area contributed by atoms with E-state index >= 15 is 0 Å². The van der Waals surface area contributed by atoms with Crippen LogP contribution in [0.2, 0.25) is 0 Å². The average molecular weight is 332 g/mol. The van der Waals surface area contributed by atoms with Gasteiger partial charge in [0.2, 0.25) is 5.91 Å². The Kier molecular flexibility index (Phi) is 6.67. The second-order valence-corrected chi connectivity index (χ2v) is 7.31. The Balaban J connectivity index is 1.99. The predicted molar refractivity (Wildman–Crippen MR) is 98.1 cm³/mol. The van der Waals surface area contributed by atoms with Gasteiger partial charge in [0.15, 0.2) is 0 Å². The summed E-state index contributed by atoms with van der Waals surface area (Å²) in [6, 6.07) is 8.09. The summed E-state index contributed by atoms with van der Waals surface area (Å²) < 4.78 is 5.22. The van der Waals surface area contributed by atoms with Crippen LogP contribution in [0.25, 0.3) is 0 Å². The highest BCUT2D eigenvalue weighted by Crippen LogP contribution is 2.23. The van der Waals surface area contributed by atoms with E-state index in [1.807, 2.05) is 24.0 Å². The lowest BCUT2D eigenvalue weighted by Gasteiger charge is -2.37. The summed E-state index contributed by atoms with van der Waals surface area (Å²) in [5.74, 6) is 2.26. The lowest BCUT2D eigenvalue weighted by atomic mass is 9.91. The summed E-state index contributed by atoms with van der Waals surface area (Å²) in [4.78, 5) is 14.9. The van der Waals surface area contributed by atoms with E-state index in [9.17, 15) is 4.79 Å². The summed E-state index contributed by atoms with van der Waals surface area (Å²) in [6.07, 6.45) is 2.16. The summed E-state index contributed by atoms with van der Waals surface area (Å²) in [7, 11) is 1.67. The van der Waals surface area contributed by atoms with Crippen molar-refractivity contribution in [3.8, 4) is 5.75 Å². The van der Waals surface area contributed by atoms with Crippen LogP contribution in [0.4, 0.5) is 0 Å². The van der Waals surface area contributed by atoms with Crippen molar-refractivity contribution in [1.29, 1.82) is 0 Å². The molecule has 1 fully saturated rings. The van der Waals surface area contributed by atoms with Crippen molar-refractivity contribution in [3.63, 3.8) is 0 Å². The van der Waals surface area contributed by atoms with E-state index < -0.39 is 0 Å². The van der Waals surface area contributed by atoms with Gasteiger partial charge in [0.1, 0.15) is 5.75 Å². The van der Waals surface area contributed by atoms with Crippen molar-refractivity contribution < 1.29 is 9.53 Å². The average Bonchev–Trinajstić information content (AvgIpc) is 2.58. The summed E-state index contributed by atoms with van der Waals surface area (Å²) in [6.45, 7) is 10.4. The third-order valence-electron chi connectivity index (χ3n) is 4.93. The van der Waals surface area contributed by atoms with Crippen LogP contribution in [-0.4, -0.2) is 37.0 Å². The number of carbonyl (C=O) groups excluding carboxylic acids is 1. The third kappa shape index (κ3) is 4.73. The quantitative estimate of drug-likeness (QED) is 0.865. The minimum absolute atomic E-state index is 0.172. The van der Waals surface area contributed by atoms with Crippen molar-refractivity contribution in [2.75, 3.05) is 20.2 Å². The van der Waals surface area contributed by atoms with Crippen molar-refractivity contribution in [2.24, 2.45) is 11.8 Å². The number of carbonyl (C=O) groups is 1. The number of amides is 1. The van der Waals surface area contributed by atoms with Gasteiger partial charge in [-0.25, -0.2) is 0 Å². The molecule has 1 aliphatic heterocycles. The molecular formula is C20H32N2O2. The molecule has 0 saturated carbocycles. The van der Waals surface area contributed by atoms with Crippen LogP contribution in [0.3, 0.4) is 0 Å². The summed E-state index contributed by atoms with van der Waals surface area (Å²) in [5, 5.41) is 3.52. The standard InChI is InChI=1S/C20H32N2O2/c1-6-19(17-7-9-18(24-5)10-8-17)21-16(4)20(23)22-12-14(2)11-15(3)13-22/h7-10,14-16,19,21H,6,11-13H2,1-5H3. The third-order valence-corrected chi connectivity index (χ3v) is 4.93. The minimum atomic E-state index is -0.172. The first-order chi connectivity index (χ1) is 11.4. The molecule has 24 heavy (non-hydrogen) atoms. The molecule has 134 valence electrons.